The Morgan fingerprint density at radius 3 is 1.94 bits per heavy atom. The molecule has 1 N–H and O–H groups in total. The largest absolute Gasteiger partial charge is 0.466 e. The summed E-state index contributed by atoms with van der Waals surface area (Å²) in [5.41, 5.74) is 0. The number of carbonyl (C=O) groups excluding carboxylic acids is 2. The highest BCUT2D eigenvalue weighted by atomic mass is 16.5. The minimum atomic E-state index is -0.211. The molecule has 0 rings (SSSR count). The third kappa shape index (κ3) is 18.6. The number of ether oxygens (including phenoxy) is 2. The molecule has 16 heavy (non-hydrogen) atoms. The van der Waals surface area contributed by atoms with Crippen LogP contribution in [0.5, 0.6) is 0 Å². The number of rotatable bonds is 6. The topological polar surface area (TPSA) is 72.8 Å². The predicted molar refractivity (Wildman–Crippen MR) is 59.9 cm³/mol. The normalized spacial score (nSPS) is 8.75. The van der Waals surface area contributed by atoms with E-state index in [2.05, 4.69) is 9.47 Å². The van der Waals surface area contributed by atoms with E-state index >= 15 is 0 Å². The molecule has 0 heterocycles. The van der Waals surface area contributed by atoms with Gasteiger partial charge in [-0.05, 0) is 26.7 Å². The van der Waals surface area contributed by atoms with E-state index in [9.17, 15) is 9.59 Å². The van der Waals surface area contributed by atoms with Gasteiger partial charge in [-0.1, -0.05) is 0 Å². The lowest BCUT2D eigenvalue weighted by atomic mass is 10.2. The average Bonchev–Trinajstić information content (AvgIpc) is 2.19. The fraction of sp³-hybridized carbons (Fsp3) is 0.818. The molecule has 0 amide bonds. The molecule has 5 nitrogen and oxygen atoms in total. The van der Waals surface area contributed by atoms with Crippen molar-refractivity contribution in [2.45, 2.75) is 40.0 Å². The Morgan fingerprint density at radius 1 is 1.06 bits per heavy atom. The van der Waals surface area contributed by atoms with Crippen molar-refractivity contribution >= 4 is 11.9 Å². The van der Waals surface area contributed by atoms with Gasteiger partial charge in [0.05, 0.1) is 13.2 Å². The highest BCUT2D eigenvalue weighted by Gasteiger charge is 1.98. The van der Waals surface area contributed by atoms with Crippen LogP contribution in [0.2, 0.25) is 0 Å². The minimum Gasteiger partial charge on any atom is -0.466 e. The summed E-state index contributed by atoms with van der Waals surface area (Å²) in [7, 11) is 0. The fourth-order valence-corrected chi connectivity index (χ4v) is 0.818. The number of hydrogen-bond acceptors (Lipinski definition) is 5. The number of unbranched alkanes of at least 4 members (excludes halogenated alkanes) is 1. The van der Waals surface area contributed by atoms with Gasteiger partial charge in [-0.25, -0.2) is 0 Å². The van der Waals surface area contributed by atoms with Crippen LogP contribution in [-0.2, 0) is 19.1 Å². The van der Waals surface area contributed by atoms with Crippen molar-refractivity contribution in [3.05, 3.63) is 0 Å². The van der Waals surface area contributed by atoms with Crippen molar-refractivity contribution < 1.29 is 24.2 Å². The van der Waals surface area contributed by atoms with E-state index in [0.717, 1.165) is 6.42 Å². The van der Waals surface area contributed by atoms with E-state index in [0.29, 0.717) is 26.1 Å². The van der Waals surface area contributed by atoms with Crippen LogP contribution in [0.4, 0.5) is 0 Å². The maximum Gasteiger partial charge on any atom is 0.305 e. The monoisotopic (exact) mass is 234 g/mol. The van der Waals surface area contributed by atoms with Crippen LogP contribution < -0.4 is 0 Å². The lowest BCUT2D eigenvalue weighted by Gasteiger charge is -1.98. The minimum absolute atomic E-state index is 0.152. The molecule has 0 aromatic rings. The first-order valence-corrected chi connectivity index (χ1v) is 5.48. The summed E-state index contributed by atoms with van der Waals surface area (Å²) in [6.07, 6.45) is 1.82. The number of aliphatic hydroxyl groups excluding tert-OH is 1. The van der Waals surface area contributed by atoms with Crippen molar-refractivity contribution in [2.75, 3.05) is 19.8 Å². The molecule has 0 aromatic heterocycles. The molecule has 5 heteroatoms. The van der Waals surface area contributed by atoms with Crippen molar-refractivity contribution in [1.82, 2.24) is 0 Å². The van der Waals surface area contributed by atoms with Gasteiger partial charge in [-0.15, -0.1) is 0 Å². The van der Waals surface area contributed by atoms with Gasteiger partial charge in [0, 0.05) is 20.0 Å². The summed E-state index contributed by atoms with van der Waals surface area (Å²) in [6.45, 7) is 6.03. The maximum atomic E-state index is 10.6. The first-order valence-electron chi connectivity index (χ1n) is 5.48. The Hall–Kier alpha value is -1.10. The van der Waals surface area contributed by atoms with Crippen molar-refractivity contribution in [2.24, 2.45) is 0 Å². The number of carbonyl (C=O) groups is 2. The van der Waals surface area contributed by atoms with Crippen molar-refractivity contribution in [3.8, 4) is 0 Å². The average molecular weight is 234 g/mol. The van der Waals surface area contributed by atoms with Crippen LogP contribution in [-0.4, -0.2) is 36.9 Å². The first-order chi connectivity index (χ1) is 7.58. The van der Waals surface area contributed by atoms with Crippen LogP contribution in [0, 0.1) is 0 Å². The van der Waals surface area contributed by atoms with E-state index in [-0.39, 0.29) is 18.5 Å². The Labute approximate surface area is 96.7 Å². The van der Waals surface area contributed by atoms with Crippen LogP contribution in [0.15, 0.2) is 0 Å². The Kier molecular flexibility index (Phi) is 15.0. The van der Waals surface area contributed by atoms with Gasteiger partial charge in [0.25, 0.3) is 0 Å². The van der Waals surface area contributed by atoms with Crippen LogP contribution in [0.25, 0.3) is 0 Å². The summed E-state index contributed by atoms with van der Waals surface area (Å²) in [6, 6.07) is 0. The third-order valence-electron chi connectivity index (χ3n) is 1.44. The molecule has 96 valence electrons. The number of aliphatic hydroxyl groups is 1. The quantitative estimate of drug-likeness (QED) is 0.553. The second kappa shape index (κ2) is 13.9. The third-order valence-corrected chi connectivity index (χ3v) is 1.44. The summed E-state index contributed by atoms with van der Waals surface area (Å²) in [5.74, 6) is -0.381. The van der Waals surface area contributed by atoms with Crippen LogP contribution in [0.3, 0.4) is 0 Å². The summed E-state index contributed by atoms with van der Waals surface area (Å²) >= 11 is 0. The lowest BCUT2D eigenvalue weighted by Crippen LogP contribution is -2.03. The molecular formula is C11H22O5. The Bertz CT molecular complexity index is 179. The number of hydrogen-bond donors (Lipinski definition) is 1. The van der Waals surface area contributed by atoms with Gasteiger partial charge in [0.2, 0.25) is 0 Å². The number of esters is 2. The Morgan fingerprint density at radius 2 is 1.62 bits per heavy atom. The van der Waals surface area contributed by atoms with E-state index in [1.807, 2.05) is 0 Å². The molecule has 0 fully saturated rings. The van der Waals surface area contributed by atoms with E-state index in [4.69, 9.17) is 5.11 Å². The highest BCUT2D eigenvalue weighted by Crippen LogP contribution is 1.95. The molecule has 0 aliphatic rings. The molecule has 0 aromatic carbocycles. The molecule has 0 radical (unpaired) electrons. The standard InChI is InChI=1S/C7H14O3.C4H8O2/c1-2-10-7(9)5-3-4-6-8;1-3-6-4(2)5/h8H,2-6H2,1H3;3H2,1-2H3. The van der Waals surface area contributed by atoms with Gasteiger partial charge in [0.1, 0.15) is 0 Å². The van der Waals surface area contributed by atoms with Crippen LogP contribution in [0.1, 0.15) is 40.0 Å². The molecule has 0 bridgehead atoms. The van der Waals surface area contributed by atoms with Crippen molar-refractivity contribution in [1.29, 1.82) is 0 Å². The summed E-state index contributed by atoms with van der Waals surface area (Å²) < 4.78 is 9.07. The van der Waals surface area contributed by atoms with Crippen molar-refractivity contribution in [3.63, 3.8) is 0 Å². The van der Waals surface area contributed by atoms with Gasteiger partial charge in [0.15, 0.2) is 0 Å². The lowest BCUT2D eigenvalue weighted by molar-refractivity contribution is -0.143. The Balaban J connectivity index is 0. The van der Waals surface area contributed by atoms with Gasteiger partial charge in [-0.2, -0.15) is 0 Å². The zero-order chi connectivity index (χ0) is 12.8. The molecule has 0 saturated carbocycles. The second-order valence-corrected chi connectivity index (χ2v) is 2.91. The molecule has 0 aliphatic carbocycles. The van der Waals surface area contributed by atoms with E-state index in [1.54, 1.807) is 13.8 Å². The smallest absolute Gasteiger partial charge is 0.305 e. The van der Waals surface area contributed by atoms with E-state index in [1.165, 1.54) is 6.92 Å². The summed E-state index contributed by atoms with van der Waals surface area (Å²) in [5, 5.41) is 8.36. The zero-order valence-electron chi connectivity index (χ0n) is 10.3. The van der Waals surface area contributed by atoms with Crippen LogP contribution >= 0.6 is 0 Å². The SMILES string of the molecule is CCOC(=O)CCCCO.CCOC(C)=O. The van der Waals surface area contributed by atoms with Gasteiger partial charge < -0.3 is 14.6 Å². The molecule has 0 spiro atoms. The summed E-state index contributed by atoms with van der Waals surface area (Å²) in [4.78, 5) is 20.4. The van der Waals surface area contributed by atoms with E-state index < -0.39 is 0 Å². The first kappa shape index (κ1) is 17.3. The highest BCUT2D eigenvalue weighted by molar-refractivity contribution is 5.69. The molecule has 0 unspecified atom stereocenters. The maximum absolute atomic E-state index is 10.6. The molecular weight excluding hydrogens is 212 g/mol. The molecule has 0 saturated heterocycles. The predicted octanol–water partition coefficient (Wildman–Crippen LogP) is 1.28. The fourth-order valence-electron chi connectivity index (χ4n) is 0.818. The second-order valence-electron chi connectivity index (χ2n) is 2.91. The van der Waals surface area contributed by atoms with Gasteiger partial charge >= 0.3 is 11.9 Å². The zero-order valence-corrected chi connectivity index (χ0v) is 10.3. The van der Waals surface area contributed by atoms with Gasteiger partial charge in [-0.3, -0.25) is 9.59 Å². The molecule has 0 atom stereocenters. The molecule has 0 aliphatic heterocycles.